The fourth-order valence-corrected chi connectivity index (χ4v) is 1.95. The first-order valence-corrected chi connectivity index (χ1v) is 6.03. The summed E-state index contributed by atoms with van der Waals surface area (Å²) in [5.74, 6) is 0.903. The molecule has 1 N–H and O–H groups in total. The average molecular weight is 288 g/mol. The molecule has 0 radical (unpaired) electrons. The predicted molar refractivity (Wildman–Crippen MR) is 69.1 cm³/mol. The quantitative estimate of drug-likeness (QED) is 0.871. The maximum absolute atomic E-state index is 5.87. The van der Waals surface area contributed by atoms with E-state index in [1.54, 1.807) is 7.11 Å². The topological polar surface area (TPSA) is 30.5 Å². The van der Waals surface area contributed by atoms with Crippen LogP contribution in [0.3, 0.4) is 0 Å². The molecule has 4 heteroatoms. The third-order valence-corrected chi connectivity index (χ3v) is 2.71. The maximum Gasteiger partial charge on any atom is 0.134 e. The monoisotopic (exact) mass is 287 g/mol. The molecule has 0 saturated heterocycles. The molecule has 3 nitrogen and oxygen atoms in total. The van der Waals surface area contributed by atoms with Gasteiger partial charge < -0.3 is 14.8 Å². The minimum absolute atomic E-state index is 0.0369. The molecule has 0 aliphatic rings. The number of rotatable bonds is 6. The van der Waals surface area contributed by atoms with Gasteiger partial charge in [0.1, 0.15) is 11.9 Å². The van der Waals surface area contributed by atoms with Crippen molar-refractivity contribution in [2.75, 3.05) is 27.3 Å². The molecular weight excluding hydrogens is 270 g/mol. The van der Waals surface area contributed by atoms with Crippen LogP contribution in [0.15, 0.2) is 22.7 Å². The predicted octanol–water partition coefficient (Wildman–Crippen LogP) is 2.37. The average Bonchev–Trinajstić information content (AvgIpc) is 2.23. The van der Waals surface area contributed by atoms with Crippen LogP contribution in [0.4, 0.5) is 0 Å². The van der Waals surface area contributed by atoms with Crippen LogP contribution in [0.5, 0.6) is 5.75 Å². The number of nitrogens with one attached hydrogen (secondary N) is 1. The summed E-state index contributed by atoms with van der Waals surface area (Å²) in [5, 5.41) is 3.09. The number of benzene rings is 1. The normalized spacial score (nSPS) is 12.5. The van der Waals surface area contributed by atoms with Gasteiger partial charge in [-0.15, -0.1) is 0 Å². The Labute approximate surface area is 105 Å². The van der Waals surface area contributed by atoms with E-state index in [-0.39, 0.29) is 6.10 Å². The summed E-state index contributed by atoms with van der Waals surface area (Å²) in [6.45, 7) is 3.38. The zero-order chi connectivity index (χ0) is 12.0. The van der Waals surface area contributed by atoms with Gasteiger partial charge in [0.15, 0.2) is 0 Å². The number of methoxy groups -OCH3 is 1. The number of likely N-dealkylation sites (N-methyl/N-ethyl adjacent to an activating group) is 1. The summed E-state index contributed by atoms with van der Waals surface area (Å²) in [4.78, 5) is 0. The lowest BCUT2D eigenvalue weighted by molar-refractivity contribution is 0.0814. The molecule has 1 aromatic rings. The second-order valence-corrected chi connectivity index (χ2v) is 4.58. The van der Waals surface area contributed by atoms with Crippen molar-refractivity contribution in [1.82, 2.24) is 5.32 Å². The smallest absolute Gasteiger partial charge is 0.134 e. The van der Waals surface area contributed by atoms with Crippen molar-refractivity contribution >= 4 is 15.9 Å². The van der Waals surface area contributed by atoms with Gasteiger partial charge in [-0.2, -0.15) is 0 Å². The molecule has 0 bridgehead atoms. The van der Waals surface area contributed by atoms with E-state index in [1.165, 1.54) is 0 Å². The largest absolute Gasteiger partial charge is 0.486 e. The van der Waals surface area contributed by atoms with Crippen LogP contribution in [-0.4, -0.2) is 33.4 Å². The van der Waals surface area contributed by atoms with Crippen LogP contribution in [0.1, 0.15) is 5.56 Å². The fraction of sp³-hybridized carbons (Fsp3) is 0.500. The van der Waals surface area contributed by atoms with Gasteiger partial charge in [-0.1, -0.05) is 15.9 Å². The molecule has 16 heavy (non-hydrogen) atoms. The molecule has 0 aliphatic carbocycles. The Bertz CT molecular complexity index is 325. The Hall–Kier alpha value is -0.580. The molecule has 0 heterocycles. The van der Waals surface area contributed by atoms with Gasteiger partial charge >= 0.3 is 0 Å². The van der Waals surface area contributed by atoms with Gasteiger partial charge in [-0.25, -0.2) is 0 Å². The zero-order valence-electron chi connectivity index (χ0n) is 9.92. The summed E-state index contributed by atoms with van der Waals surface area (Å²) in [7, 11) is 3.58. The van der Waals surface area contributed by atoms with E-state index in [0.717, 1.165) is 22.3 Å². The number of ether oxygens (including phenoxy) is 2. The molecular formula is C12H18BrNO2. The highest BCUT2D eigenvalue weighted by Crippen LogP contribution is 2.23. The van der Waals surface area contributed by atoms with Gasteiger partial charge in [-0.3, -0.25) is 0 Å². The Morgan fingerprint density at radius 2 is 2.19 bits per heavy atom. The van der Waals surface area contributed by atoms with Crippen molar-refractivity contribution in [3.63, 3.8) is 0 Å². The second kappa shape index (κ2) is 6.89. The molecule has 1 rings (SSSR count). The minimum atomic E-state index is 0.0369. The number of hydrogen-bond donors (Lipinski definition) is 1. The zero-order valence-corrected chi connectivity index (χ0v) is 11.5. The van der Waals surface area contributed by atoms with Crippen LogP contribution in [0, 0.1) is 6.92 Å². The first-order valence-electron chi connectivity index (χ1n) is 5.23. The van der Waals surface area contributed by atoms with E-state index in [0.29, 0.717) is 6.61 Å². The van der Waals surface area contributed by atoms with Gasteiger partial charge in [0.25, 0.3) is 0 Å². The Morgan fingerprint density at radius 3 is 2.75 bits per heavy atom. The summed E-state index contributed by atoms with van der Waals surface area (Å²) in [5.41, 5.74) is 1.12. The van der Waals surface area contributed by atoms with Crippen molar-refractivity contribution < 1.29 is 9.47 Å². The van der Waals surface area contributed by atoms with Crippen LogP contribution >= 0.6 is 15.9 Å². The first-order chi connectivity index (χ1) is 7.67. The highest BCUT2D eigenvalue weighted by molar-refractivity contribution is 9.10. The third kappa shape index (κ3) is 4.12. The van der Waals surface area contributed by atoms with Gasteiger partial charge in [0.05, 0.1) is 6.61 Å². The van der Waals surface area contributed by atoms with Crippen LogP contribution in [-0.2, 0) is 4.74 Å². The van der Waals surface area contributed by atoms with Crippen LogP contribution in [0.2, 0.25) is 0 Å². The molecule has 0 aromatic heterocycles. The third-order valence-electron chi connectivity index (χ3n) is 2.21. The Kier molecular flexibility index (Phi) is 5.80. The molecule has 90 valence electrons. The highest BCUT2D eigenvalue weighted by Gasteiger charge is 2.10. The maximum atomic E-state index is 5.87. The standard InChI is InChI=1S/C12H18BrNO2/c1-9-6-10(13)4-5-12(9)16-11(7-14-2)8-15-3/h4-6,11,14H,7-8H2,1-3H3. The van der Waals surface area contributed by atoms with E-state index in [4.69, 9.17) is 9.47 Å². The van der Waals surface area contributed by atoms with Gasteiger partial charge in [0, 0.05) is 18.1 Å². The summed E-state index contributed by atoms with van der Waals surface area (Å²) in [6, 6.07) is 5.99. The van der Waals surface area contributed by atoms with Crippen molar-refractivity contribution in [3.8, 4) is 5.75 Å². The summed E-state index contributed by atoms with van der Waals surface area (Å²) >= 11 is 3.43. The van der Waals surface area contributed by atoms with Crippen LogP contribution in [0.25, 0.3) is 0 Å². The van der Waals surface area contributed by atoms with E-state index < -0.39 is 0 Å². The van der Waals surface area contributed by atoms with E-state index in [2.05, 4.69) is 21.2 Å². The Balaban J connectivity index is 2.68. The van der Waals surface area contributed by atoms with Gasteiger partial charge in [0.2, 0.25) is 0 Å². The number of aryl methyl sites for hydroxylation is 1. The molecule has 0 spiro atoms. The summed E-state index contributed by atoms with van der Waals surface area (Å²) in [6.07, 6.45) is 0.0369. The van der Waals surface area contributed by atoms with E-state index in [1.807, 2.05) is 32.2 Å². The minimum Gasteiger partial charge on any atom is -0.486 e. The lowest BCUT2D eigenvalue weighted by atomic mass is 10.2. The van der Waals surface area contributed by atoms with Crippen molar-refractivity contribution in [3.05, 3.63) is 28.2 Å². The Morgan fingerprint density at radius 1 is 1.44 bits per heavy atom. The van der Waals surface area contributed by atoms with Crippen LogP contribution < -0.4 is 10.1 Å². The fourth-order valence-electron chi connectivity index (χ4n) is 1.47. The highest BCUT2D eigenvalue weighted by atomic mass is 79.9. The molecule has 0 amide bonds. The molecule has 0 aliphatic heterocycles. The first kappa shape index (κ1) is 13.5. The number of hydrogen-bond acceptors (Lipinski definition) is 3. The summed E-state index contributed by atoms with van der Waals surface area (Å²) < 4.78 is 12.1. The van der Waals surface area contributed by atoms with E-state index in [9.17, 15) is 0 Å². The molecule has 1 aromatic carbocycles. The number of halogens is 1. The SMILES string of the molecule is CNCC(COC)Oc1ccc(Br)cc1C. The lowest BCUT2D eigenvalue weighted by Crippen LogP contribution is -2.33. The van der Waals surface area contributed by atoms with Crippen molar-refractivity contribution in [2.24, 2.45) is 0 Å². The molecule has 1 unspecified atom stereocenters. The second-order valence-electron chi connectivity index (χ2n) is 3.66. The van der Waals surface area contributed by atoms with E-state index >= 15 is 0 Å². The molecule has 1 atom stereocenters. The van der Waals surface area contributed by atoms with Gasteiger partial charge in [-0.05, 0) is 37.7 Å². The molecule has 0 fully saturated rings. The van der Waals surface area contributed by atoms with Crippen molar-refractivity contribution in [1.29, 1.82) is 0 Å². The lowest BCUT2D eigenvalue weighted by Gasteiger charge is -2.19. The van der Waals surface area contributed by atoms with Crippen molar-refractivity contribution in [2.45, 2.75) is 13.0 Å². The molecule has 0 saturated carbocycles.